The van der Waals surface area contributed by atoms with Gasteiger partial charge in [0.1, 0.15) is 0 Å². The summed E-state index contributed by atoms with van der Waals surface area (Å²) in [6.45, 7) is 25.5. The van der Waals surface area contributed by atoms with Crippen molar-refractivity contribution in [2.75, 3.05) is 7.05 Å². The van der Waals surface area contributed by atoms with Gasteiger partial charge in [-0.25, -0.2) is 0 Å². The molecule has 184 valence electrons. The lowest BCUT2D eigenvalue weighted by atomic mass is 9.66. The third-order valence-electron chi connectivity index (χ3n) is 8.25. The van der Waals surface area contributed by atoms with Gasteiger partial charge in [-0.3, -0.25) is 0 Å². The fourth-order valence-electron chi connectivity index (χ4n) is 5.55. The monoisotopic (exact) mass is 441 g/mol. The highest BCUT2D eigenvalue weighted by atomic mass is 15.1. The summed E-state index contributed by atoms with van der Waals surface area (Å²) in [6, 6.07) is 0.608. The van der Waals surface area contributed by atoms with Gasteiger partial charge >= 0.3 is 0 Å². The number of hydrogen-bond donors (Lipinski definition) is 0. The summed E-state index contributed by atoms with van der Waals surface area (Å²) in [7, 11) is 2.29. The molecule has 0 amide bonds. The molecule has 1 saturated carbocycles. The van der Waals surface area contributed by atoms with Crippen LogP contribution in [0.4, 0.5) is 0 Å². The highest BCUT2D eigenvalue weighted by Gasteiger charge is 2.34. The predicted molar refractivity (Wildman–Crippen MR) is 146 cm³/mol. The van der Waals surface area contributed by atoms with E-state index in [2.05, 4.69) is 91.8 Å². The van der Waals surface area contributed by atoms with Crippen LogP contribution in [-0.2, 0) is 0 Å². The topological polar surface area (TPSA) is 3.24 Å². The molecular formula is C31H55N. The van der Waals surface area contributed by atoms with E-state index in [1.807, 2.05) is 0 Å². The van der Waals surface area contributed by atoms with E-state index in [1.54, 1.807) is 0 Å². The van der Waals surface area contributed by atoms with E-state index in [-0.39, 0.29) is 0 Å². The molecule has 0 bridgehead atoms. The molecule has 0 radical (unpaired) electrons. The van der Waals surface area contributed by atoms with Gasteiger partial charge in [0.15, 0.2) is 0 Å². The highest BCUT2D eigenvalue weighted by molar-refractivity contribution is 5.28. The Morgan fingerprint density at radius 1 is 1.03 bits per heavy atom. The van der Waals surface area contributed by atoms with Gasteiger partial charge in [0.2, 0.25) is 0 Å². The molecule has 1 nitrogen and oxygen atoms in total. The minimum atomic E-state index is 0.487. The van der Waals surface area contributed by atoms with Gasteiger partial charge in [-0.15, -0.1) is 0 Å². The third-order valence-corrected chi connectivity index (χ3v) is 8.25. The molecule has 0 heterocycles. The number of allylic oxidation sites excluding steroid dienone is 6. The van der Waals surface area contributed by atoms with Gasteiger partial charge in [0.05, 0.1) is 0 Å². The highest BCUT2D eigenvalue weighted by Crippen LogP contribution is 2.43. The molecule has 0 N–H and O–H groups in total. The summed E-state index contributed by atoms with van der Waals surface area (Å²) >= 11 is 0. The summed E-state index contributed by atoms with van der Waals surface area (Å²) in [5.41, 5.74) is 3.99. The van der Waals surface area contributed by atoms with E-state index in [0.717, 1.165) is 30.6 Å². The Balaban J connectivity index is 3.07. The summed E-state index contributed by atoms with van der Waals surface area (Å²) in [5.74, 6) is 3.51. The van der Waals surface area contributed by atoms with Gasteiger partial charge in [-0.05, 0) is 75.0 Å². The van der Waals surface area contributed by atoms with Crippen LogP contribution in [0, 0.1) is 29.6 Å². The molecular weight excluding hydrogens is 386 g/mol. The largest absolute Gasteiger partial charge is 0.375 e. The Morgan fingerprint density at radius 3 is 2.28 bits per heavy atom. The Hall–Kier alpha value is -1.24. The van der Waals surface area contributed by atoms with Gasteiger partial charge < -0.3 is 4.90 Å². The maximum atomic E-state index is 4.62. The summed E-state index contributed by atoms with van der Waals surface area (Å²) < 4.78 is 0. The van der Waals surface area contributed by atoms with Crippen molar-refractivity contribution >= 4 is 0 Å². The van der Waals surface area contributed by atoms with E-state index < -0.39 is 0 Å². The lowest BCUT2D eigenvalue weighted by Crippen LogP contribution is -2.35. The van der Waals surface area contributed by atoms with Gasteiger partial charge in [-0.1, -0.05) is 103 Å². The fraction of sp³-hybridized carbons (Fsp3) is 0.742. The molecule has 1 heteroatoms. The lowest BCUT2D eigenvalue weighted by molar-refractivity contribution is 0.133. The fourth-order valence-corrected chi connectivity index (χ4v) is 5.55. The Kier molecular flexibility index (Phi) is 13.3. The number of rotatable bonds is 14. The van der Waals surface area contributed by atoms with Crippen molar-refractivity contribution in [3.8, 4) is 0 Å². The first-order chi connectivity index (χ1) is 15.2. The molecule has 1 fully saturated rings. The molecule has 5 atom stereocenters. The van der Waals surface area contributed by atoms with Crippen molar-refractivity contribution in [1.82, 2.24) is 4.90 Å². The molecule has 0 saturated heterocycles. The minimum absolute atomic E-state index is 0.487. The normalized spacial score (nSPS) is 24.0. The van der Waals surface area contributed by atoms with Crippen molar-refractivity contribution in [2.24, 2.45) is 29.6 Å². The van der Waals surface area contributed by atoms with Crippen LogP contribution in [0.3, 0.4) is 0 Å². The van der Waals surface area contributed by atoms with Crippen molar-refractivity contribution in [1.29, 1.82) is 0 Å². The van der Waals surface area contributed by atoms with Crippen molar-refractivity contribution in [2.45, 2.75) is 112 Å². The zero-order valence-electron chi connectivity index (χ0n) is 22.9. The van der Waals surface area contributed by atoms with Crippen molar-refractivity contribution in [3.05, 3.63) is 48.2 Å². The van der Waals surface area contributed by atoms with Crippen molar-refractivity contribution < 1.29 is 0 Å². The molecule has 0 aromatic heterocycles. The van der Waals surface area contributed by atoms with Crippen molar-refractivity contribution in [3.63, 3.8) is 0 Å². The van der Waals surface area contributed by atoms with E-state index >= 15 is 0 Å². The maximum absolute atomic E-state index is 4.62. The second-order valence-electron chi connectivity index (χ2n) is 11.0. The van der Waals surface area contributed by atoms with Gasteiger partial charge in [0.25, 0.3) is 0 Å². The van der Waals surface area contributed by atoms with Crippen LogP contribution in [0.5, 0.6) is 0 Å². The molecule has 5 unspecified atom stereocenters. The standard InChI is InChI=1S/C31H55N/c1-11-15-29(21-18-23(4)5)32(10)26(8)22-31(25(7)19-20-28(12-2)13-3)30-17-14-16-24(6)27(30)9/h12,19-20,23-24,27,29-31H,7-8,11,13-18,21-22H2,1-6,9-10H3/b20-19-,28-12+. The summed E-state index contributed by atoms with van der Waals surface area (Å²) in [6.07, 6.45) is 18.1. The van der Waals surface area contributed by atoms with Crippen LogP contribution in [0.15, 0.2) is 48.2 Å². The average molecular weight is 442 g/mol. The second kappa shape index (κ2) is 14.8. The van der Waals surface area contributed by atoms with Crippen LogP contribution in [0.2, 0.25) is 0 Å². The first-order valence-electron chi connectivity index (χ1n) is 13.6. The SMILES string of the molecule is C=C(/C=C\C(=C\C)CC)C(CC(=C)N(C)C(CCC)CCC(C)C)C1CCCC(C)C1C. The summed E-state index contributed by atoms with van der Waals surface area (Å²) in [4.78, 5) is 2.52. The van der Waals surface area contributed by atoms with Crippen LogP contribution in [-0.4, -0.2) is 18.0 Å². The minimum Gasteiger partial charge on any atom is -0.375 e. The molecule has 1 rings (SSSR count). The van der Waals surface area contributed by atoms with Crippen LogP contribution < -0.4 is 0 Å². The molecule has 0 spiro atoms. The molecule has 1 aliphatic carbocycles. The van der Waals surface area contributed by atoms with Gasteiger partial charge in [0, 0.05) is 18.8 Å². The molecule has 1 aliphatic rings. The third kappa shape index (κ3) is 8.95. The average Bonchev–Trinajstić information content (AvgIpc) is 2.76. The van der Waals surface area contributed by atoms with E-state index in [0.29, 0.717) is 17.9 Å². The van der Waals surface area contributed by atoms with E-state index in [9.17, 15) is 0 Å². The Morgan fingerprint density at radius 2 is 1.72 bits per heavy atom. The molecule has 0 aromatic carbocycles. The van der Waals surface area contributed by atoms with E-state index in [1.165, 1.54) is 61.8 Å². The molecule has 0 aromatic rings. The Bertz CT molecular complexity index is 622. The zero-order valence-corrected chi connectivity index (χ0v) is 22.9. The lowest BCUT2D eigenvalue weighted by Gasteiger charge is -2.41. The van der Waals surface area contributed by atoms with E-state index in [4.69, 9.17) is 0 Å². The van der Waals surface area contributed by atoms with Crippen LogP contribution in [0.25, 0.3) is 0 Å². The quantitative estimate of drug-likeness (QED) is 0.242. The van der Waals surface area contributed by atoms with Crippen LogP contribution in [0.1, 0.15) is 106 Å². The Labute approximate surface area is 202 Å². The molecule has 32 heavy (non-hydrogen) atoms. The number of nitrogens with zero attached hydrogens (tertiary/aromatic N) is 1. The predicted octanol–water partition coefficient (Wildman–Crippen LogP) is 9.58. The molecule has 0 aliphatic heterocycles. The zero-order chi connectivity index (χ0) is 24.3. The second-order valence-corrected chi connectivity index (χ2v) is 11.0. The van der Waals surface area contributed by atoms with Crippen LogP contribution >= 0.6 is 0 Å². The number of hydrogen-bond acceptors (Lipinski definition) is 1. The first kappa shape index (κ1) is 28.8. The smallest absolute Gasteiger partial charge is 0.0283 e. The summed E-state index contributed by atoms with van der Waals surface area (Å²) in [5, 5.41) is 0. The maximum Gasteiger partial charge on any atom is 0.0283 e. The van der Waals surface area contributed by atoms with Gasteiger partial charge in [-0.2, -0.15) is 0 Å². The first-order valence-corrected chi connectivity index (χ1v) is 13.6.